The molecule has 0 aliphatic heterocycles. The van der Waals surface area contributed by atoms with Crippen molar-refractivity contribution >= 4 is 51.9 Å². The Morgan fingerprint density at radius 3 is 2.87 bits per heavy atom. The highest BCUT2D eigenvalue weighted by Crippen LogP contribution is 2.40. The molecule has 31 heavy (non-hydrogen) atoms. The number of esters is 1. The van der Waals surface area contributed by atoms with Crippen LogP contribution in [-0.4, -0.2) is 35.7 Å². The molecule has 1 aliphatic rings. The highest BCUT2D eigenvalue weighted by Gasteiger charge is 2.30. The Bertz CT molecular complexity index is 1050. The van der Waals surface area contributed by atoms with Gasteiger partial charge >= 0.3 is 17.8 Å². The maximum atomic E-state index is 12.5. The van der Waals surface area contributed by atoms with E-state index in [0.717, 1.165) is 29.7 Å². The molecule has 1 aliphatic carbocycles. The normalized spacial score (nSPS) is 15.4. The Morgan fingerprint density at radius 1 is 1.35 bits per heavy atom. The smallest absolute Gasteiger partial charge is 0.341 e. The SMILES string of the molecule is CCOC(=O)c1c(NC(=O)C(=O)NN=Cc2cc(Cl)ccc2O)sc2c1CCC(C)C2. The van der Waals surface area contributed by atoms with E-state index in [1.165, 1.54) is 35.8 Å². The van der Waals surface area contributed by atoms with E-state index in [9.17, 15) is 19.5 Å². The summed E-state index contributed by atoms with van der Waals surface area (Å²) < 4.78 is 5.15. The van der Waals surface area contributed by atoms with Crippen LogP contribution in [0.25, 0.3) is 0 Å². The number of nitrogens with one attached hydrogen (secondary N) is 2. The molecule has 3 rings (SSSR count). The van der Waals surface area contributed by atoms with Crippen LogP contribution in [0, 0.1) is 5.92 Å². The van der Waals surface area contributed by atoms with Crippen molar-refractivity contribution in [2.24, 2.45) is 11.0 Å². The third-order valence-electron chi connectivity index (χ3n) is 4.78. The van der Waals surface area contributed by atoms with E-state index < -0.39 is 17.8 Å². The number of nitrogens with zero attached hydrogens (tertiary/aromatic N) is 1. The van der Waals surface area contributed by atoms with Crippen LogP contribution < -0.4 is 10.7 Å². The van der Waals surface area contributed by atoms with Gasteiger partial charge in [0, 0.05) is 15.5 Å². The molecule has 0 saturated carbocycles. The summed E-state index contributed by atoms with van der Waals surface area (Å²) in [7, 11) is 0. The van der Waals surface area contributed by atoms with Crippen molar-refractivity contribution in [2.75, 3.05) is 11.9 Å². The van der Waals surface area contributed by atoms with Gasteiger partial charge in [-0.15, -0.1) is 11.3 Å². The van der Waals surface area contributed by atoms with Crippen molar-refractivity contribution in [3.05, 3.63) is 44.8 Å². The third-order valence-corrected chi connectivity index (χ3v) is 6.19. The minimum atomic E-state index is -1.02. The zero-order valence-corrected chi connectivity index (χ0v) is 18.6. The first-order valence-electron chi connectivity index (χ1n) is 9.74. The van der Waals surface area contributed by atoms with Gasteiger partial charge in [0.1, 0.15) is 10.8 Å². The number of thiophene rings is 1. The largest absolute Gasteiger partial charge is 0.507 e. The summed E-state index contributed by atoms with van der Waals surface area (Å²) in [5.74, 6) is -2.11. The molecule has 1 unspecified atom stereocenters. The quantitative estimate of drug-likeness (QED) is 0.271. The van der Waals surface area contributed by atoms with Crippen molar-refractivity contribution in [3.63, 3.8) is 0 Å². The minimum absolute atomic E-state index is 0.0793. The molecule has 1 atom stereocenters. The number of carbonyl (C=O) groups is 3. The second-order valence-electron chi connectivity index (χ2n) is 7.13. The van der Waals surface area contributed by atoms with Gasteiger partial charge in [0.2, 0.25) is 0 Å². The Morgan fingerprint density at radius 2 is 2.13 bits per heavy atom. The van der Waals surface area contributed by atoms with Gasteiger partial charge in [-0.2, -0.15) is 5.10 Å². The fourth-order valence-corrected chi connectivity index (χ4v) is 4.83. The number of hydrogen-bond acceptors (Lipinski definition) is 7. The van der Waals surface area contributed by atoms with E-state index in [0.29, 0.717) is 21.5 Å². The van der Waals surface area contributed by atoms with Gasteiger partial charge < -0.3 is 15.2 Å². The Balaban J connectivity index is 1.73. The molecule has 0 radical (unpaired) electrons. The standard InChI is InChI=1S/C21H22ClN3O5S/c1-3-30-21(29)17-14-6-4-11(2)8-16(14)31-20(17)24-18(27)19(28)25-23-10-12-9-13(22)5-7-15(12)26/h5,7,9-11,26H,3-4,6,8H2,1-2H3,(H,24,27)(H,25,28). The number of carbonyl (C=O) groups excluding carboxylic acids is 3. The van der Waals surface area contributed by atoms with E-state index >= 15 is 0 Å². The highest BCUT2D eigenvalue weighted by atomic mass is 35.5. The average Bonchev–Trinajstić information content (AvgIpc) is 3.07. The van der Waals surface area contributed by atoms with E-state index in [1.54, 1.807) is 6.92 Å². The Labute approximate surface area is 188 Å². The predicted octanol–water partition coefficient (Wildman–Crippen LogP) is 3.50. The number of phenols is 1. The predicted molar refractivity (Wildman–Crippen MR) is 119 cm³/mol. The second kappa shape index (κ2) is 9.93. The lowest BCUT2D eigenvalue weighted by Crippen LogP contribution is -2.32. The van der Waals surface area contributed by atoms with Crippen molar-refractivity contribution in [1.82, 2.24) is 5.43 Å². The molecule has 0 fully saturated rings. The average molecular weight is 464 g/mol. The number of phenolic OH excluding ortho intramolecular Hbond substituents is 1. The lowest BCUT2D eigenvalue weighted by Gasteiger charge is -2.18. The molecule has 1 aromatic carbocycles. The summed E-state index contributed by atoms with van der Waals surface area (Å²) in [6, 6.07) is 4.34. The molecule has 10 heteroatoms. The van der Waals surface area contributed by atoms with Gasteiger partial charge in [0.15, 0.2) is 0 Å². The van der Waals surface area contributed by atoms with E-state index in [4.69, 9.17) is 16.3 Å². The van der Waals surface area contributed by atoms with Crippen LogP contribution in [0.5, 0.6) is 5.75 Å². The number of halogens is 1. The third kappa shape index (κ3) is 5.42. The molecule has 3 N–H and O–H groups in total. The number of anilines is 1. The molecule has 164 valence electrons. The number of fused-ring (bicyclic) bond motifs is 1. The number of aromatic hydroxyl groups is 1. The zero-order chi connectivity index (χ0) is 22.5. The van der Waals surface area contributed by atoms with Crippen LogP contribution in [0.3, 0.4) is 0 Å². The fourth-order valence-electron chi connectivity index (χ4n) is 3.26. The number of benzene rings is 1. The number of amides is 2. The maximum absolute atomic E-state index is 12.5. The molecular formula is C21H22ClN3O5S. The molecule has 2 amide bonds. The summed E-state index contributed by atoms with van der Waals surface area (Å²) in [6.07, 6.45) is 3.63. The van der Waals surface area contributed by atoms with Gasteiger partial charge in [0.25, 0.3) is 0 Å². The number of ether oxygens (including phenoxy) is 1. The highest BCUT2D eigenvalue weighted by molar-refractivity contribution is 7.17. The second-order valence-corrected chi connectivity index (χ2v) is 8.67. The number of hydrogen-bond donors (Lipinski definition) is 3. The summed E-state index contributed by atoms with van der Waals surface area (Å²) in [5, 5.41) is 16.6. The molecule has 8 nitrogen and oxygen atoms in total. The van der Waals surface area contributed by atoms with Gasteiger partial charge in [-0.05, 0) is 55.9 Å². The molecule has 0 spiro atoms. The molecule has 1 heterocycles. The van der Waals surface area contributed by atoms with Crippen molar-refractivity contribution in [2.45, 2.75) is 33.1 Å². The zero-order valence-electron chi connectivity index (χ0n) is 17.0. The maximum Gasteiger partial charge on any atom is 0.341 e. The number of hydrazone groups is 1. The summed E-state index contributed by atoms with van der Waals surface area (Å²) in [5.41, 5.74) is 3.57. The van der Waals surface area contributed by atoms with E-state index in [-0.39, 0.29) is 17.9 Å². The number of rotatable bonds is 5. The fraction of sp³-hybridized carbons (Fsp3) is 0.333. The van der Waals surface area contributed by atoms with Crippen LogP contribution in [0.4, 0.5) is 5.00 Å². The van der Waals surface area contributed by atoms with E-state index in [1.807, 2.05) is 0 Å². The van der Waals surface area contributed by atoms with E-state index in [2.05, 4.69) is 22.8 Å². The van der Waals surface area contributed by atoms with Crippen molar-refractivity contribution in [1.29, 1.82) is 0 Å². The van der Waals surface area contributed by atoms with Gasteiger partial charge in [-0.25, -0.2) is 10.2 Å². The van der Waals surface area contributed by atoms with Crippen molar-refractivity contribution < 1.29 is 24.2 Å². The van der Waals surface area contributed by atoms with Crippen LogP contribution in [0.2, 0.25) is 5.02 Å². The Hall–Kier alpha value is -2.91. The first kappa shape index (κ1) is 22.8. The summed E-state index contributed by atoms with van der Waals surface area (Å²) in [6.45, 7) is 4.05. The molecule has 2 aromatic rings. The van der Waals surface area contributed by atoms with Gasteiger partial charge in [0.05, 0.1) is 18.4 Å². The van der Waals surface area contributed by atoms with Crippen LogP contribution in [-0.2, 0) is 27.2 Å². The first-order valence-corrected chi connectivity index (χ1v) is 10.9. The molecule has 1 aromatic heterocycles. The molecule has 0 bridgehead atoms. The minimum Gasteiger partial charge on any atom is -0.507 e. The summed E-state index contributed by atoms with van der Waals surface area (Å²) >= 11 is 7.14. The van der Waals surface area contributed by atoms with Gasteiger partial charge in [-0.3, -0.25) is 9.59 Å². The van der Waals surface area contributed by atoms with Crippen LogP contribution >= 0.6 is 22.9 Å². The Kier molecular flexibility index (Phi) is 7.29. The summed E-state index contributed by atoms with van der Waals surface area (Å²) in [4.78, 5) is 38.0. The van der Waals surface area contributed by atoms with Crippen LogP contribution in [0.15, 0.2) is 23.3 Å². The lowest BCUT2D eigenvalue weighted by molar-refractivity contribution is -0.136. The molecule has 0 saturated heterocycles. The van der Waals surface area contributed by atoms with Crippen molar-refractivity contribution in [3.8, 4) is 5.75 Å². The first-order chi connectivity index (χ1) is 14.8. The topological polar surface area (TPSA) is 117 Å². The lowest BCUT2D eigenvalue weighted by atomic mass is 9.88. The van der Waals surface area contributed by atoms with Gasteiger partial charge in [-0.1, -0.05) is 18.5 Å². The molecular weight excluding hydrogens is 442 g/mol. The monoisotopic (exact) mass is 463 g/mol. The van der Waals surface area contributed by atoms with Crippen LogP contribution in [0.1, 0.15) is 46.6 Å².